The number of hydrogen-bond acceptors (Lipinski definition) is 3. The molecule has 5 heteroatoms. The van der Waals surface area contributed by atoms with Crippen LogP contribution in [-0.2, 0) is 0 Å². The third kappa shape index (κ3) is 2.03. The topological polar surface area (TPSA) is 60.4 Å². The Morgan fingerprint density at radius 1 is 1.15 bits per heavy atom. The molecule has 0 fully saturated rings. The van der Waals surface area contributed by atoms with Crippen molar-refractivity contribution in [1.82, 2.24) is 9.38 Å². The summed E-state index contributed by atoms with van der Waals surface area (Å²) < 4.78 is 1.93. The van der Waals surface area contributed by atoms with E-state index in [1.165, 1.54) is 0 Å². The van der Waals surface area contributed by atoms with Gasteiger partial charge < -0.3 is 4.40 Å². The van der Waals surface area contributed by atoms with Crippen LogP contribution in [0, 0.1) is 24.0 Å². The second-order valence-corrected chi connectivity index (χ2v) is 4.86. The highest BCUT2D eigenvalue weighted by Crippen LogP contribution is 2.26. The molecule has 20 heavy (non-hydrogen) atoms. The Bertz CT molecular complexity index is 821. The number of fused-ring (bicyclic) bond motifs is 1. The average molecular weight is 267 g/mol. The first-order chi connectivity index (χ1) is 9.54. The van der Waals surface area contributed by atoms with E-state index in [4.69, 9.17) is 0 Å². The summed E-state index contributed by atoms with van der Waals surface area (Å²) in [5, 5.41) is 11.0. The number of rotatable bonds is 2. The van der Waals surface area contributed by atoms with E-state index in [0.717, 1.165) is 22.5 Å². The Labute approximate surface area is 115 Å². The summed E-state index contributed by atoms with van der Waals surface area (Å²) in [4.78, 5) is 15.1. The van der Waals surface area contributed by atoms with Gasteiger partial charge in [0.25, 0.3) is 5.69 Å². The van der Waals surface area contributed by atoms with Crippen LogP contribution in [0.1, 0.15) is 11.1 Å². The number of pyridine rings is 1. The van der Waals surface area contributed by atoms with E-state index in [1.807, 2.05) is 41.9 Å². The quantitative estimate of drug-likeness (QED) is 0.527. The zero-order valence-corrected chi connectivity index (χ0v) is 11.2. The lowest BCUT2D eigenvalue weighted by Crippen LogP contribution is -1.92. The number of nitrogens with zero attached hydrogens (tertiary/aromatic N) is 3. The maximum Gasteiger partial charge on any atom is 0.272 e. The van der Waals surface area contributed by atoms with Crippen LogP contribution in [0.25, 0.3) is 16.9 Å². The van der Waals surface area contributed by atoms with Crippen molar-refractivity contribution in [2.75, 3.05) is 0 Å². The van der Waals surface area contributed by atoms with E-state index in [9.17, 15) is 10.1 Å². The lowest BCUT2D eigenvalue weighted by Gasteiger charge is -1.99. The van der Waals surface area contributed by atoms with Gasteiger partial charge in [0.05, 0.1) is 10.6 Å². The maximum absolute atomic E-state index is 11.0. The van der Waals surface area contributed by atoms with Crippen molar-refractivity contribution in [3.8, 4) is 11.3 Å². The number of hydrogen-bond donors (Lipinski definition) is 0. The lowest BCUT2D eigenvalue weighted by atomic mass is 10.1. The molecule has 5 nitrogen and oxygen atoms in total. The van der Waals surface area contributed by atoms with Crippen LogP contribution in [0.5, 0.6) is 0 Å². The first-order valence-electron chi connectivity index (χ1n) is 6.25. The average Bonchev–Trinajstić information content (AvgIpc) is 2.81. The summed E-state index contributed by atoms with van der Waals surface area (Å²) in [6.07, 6.45) is 3.87. The van der Waals surface area contributed by atoms with E-state index in [1.54, 1.807) is 19.1 Å². The molecule has 0 aliphatic rings. The van der Waals surface area contributed by atoms with Gasteiger partial charge in [-0.3, -0.25) is 10.1 Å². The number of nitro benzene ring substituents is 1. The molecule has 1 aromatic carbocycles. The molecule has 0 radical (unpaired) electrons. The molecular formula is C15H13N3O2. The second-order valence-electron chi connectivity index (χ2n) is 4.86. The van der Waals surface area contributed by atoms with Crippen molar-refractivity contribution < 1.29 is 4.92 Å². The molecular weight excluding hydrogens is 254 g/mol. The Balaban J connectivity index is 2.15. The number of nitro groups is 1. The van der Waals surface area contributed by atoms with E-state index in [2.05, 4.69) is 4.98 Å². The van der Waals surface area contributed by atoms with Gasteiger partial charge in [0, 0.05) is 29.6 Å². The molecule has 3 rings (SSSR count). The molecule has 0 unspecified atom stereocenters. The van der Waals surface area contributed by atoms with Gasteiger partial charge in [-0.25, -0.2) is 4.98 Å². The van der Waals surface area contributed by atoms with Crippen molar-refractivity contribution in [3.05, 3.63) is 64.0 Å². The normalized spacial score (nSPS) is 10.9. The van der Waals surface area contributed by atoms with E-state index in [0.29, 0.717) is 5.56 Å². The number of aromatic nitrogens is 2. The third-order valence-corrected chi connectivity index (χ3v) is 3.30. The van der Waals surface area contributed by atoms with Crippen LogP contribution in [0.4, 0.5) is 5.69 Å². The molecule has 0 aliphatic heterocycles. The van der Waals surface area contributed by atoms with Crippen LogP contribution < -0.4 is 0 Å². The highest BCUT2D eigenvalue weighted by atomic mass is 16.6. The molecule has 0 saturated heterocycles. The van der Waals surface area contributed by atoms with Crippen molar-refractivity contribution in [2.45, 2.75) is 13.8 Å². The minimum atomic E-state index is -0.362. The number of imidazole rings is 1. The lowest BCUT2D eigenvalue weighted by molar-refractivity contribution is -0.385. The SMILES string of the molecule is Cc1ccc2nc(-c3ccc(C)c([N+](=O)[O-])c3)cn2c1. The van der Waals surface area contributed by atoms with Crippen LogP contribution in [0.3, 0.4) is 0 Å². The minimum Gasteiger partial charge on any atom is -0.306 e. The molecule has 0 N–H and O–H groups in total. The zero-order valence-electron chi connectivity index (χ0n) is 11.2. The van der Waals surface area contributed by atoms with Crippen molar-refractivity contribution in [2.24, 2.45) is 0 Å². The Kier molecular flexibility index (Phi) is 2.75. The molecule has 100 valence electrons. The predicted octanol–water partition coefficient (Wildman–Crippen LogP) is 3.53. The van der Waals surface area contributed by atoms with Gasteiger partial charge in [-0.1, -0.05) is 18.2 Å². The van der Waals surface area contributed by atoms with Crippen molar-refractivity contribution in [1.29, 1.82) is 0 Å². The summed E-state index contributed by atoms with van der Waals surface area (Å²) in [5.41, 5.74) is 4.22. The van der Waals surface area contributed by atoms with Crippen molar-refractivity contribution in [3.63, 3.8) is 0 Å². The van der Waals surface area contributed by atoms with Crippen LogP contribution in [0.15, 0.2) is 42.7 Å². The molecule has 3 aromatic rings. The van der Waals surface area contributed by atoms with Gasteiger partial charge in [-0.2, -0.15) is 0 Å². The minimum absolute atomic E-state index is 0.121. The van der Waals surface area contributed by atoms with Crippen molar-refractivity contribution >= 4 is 11.3 Å². The van der Waals surface area contributed by atoms with Gasteiger partial charge in [0.1, 0.15) is 5.65 Å². The first kappa shape index (κ1) is 12.3. The largest absolute Gasteiger partial charge is 0.306 e. The van der Waals surface area contributed by atoms with Gasteiger partial charge in [-0.05, 0) is 25.5 Å². The molecule has 0 saturated carbocycles. The first-order valence-corrected chi connectivity index (χ1v) is 6.25. The van der Waals surface area contributed by atoms with Gasteiger partial charge >= 0.3 is 0 Å². The molecule has 0 aliphatic carbocycles. The number of benzene rings is 1. The Morgan fingerprint density at radius 3 is 2.70 bits per heavy atom. The van der Waals surface area contributed by atoms with E-state index in [-0.39, 0.29) is 10.6 Å². The Morgan fingerprint density at radius 2 is 1.95 bits per heavy atom. The third-order valence-electron chi connectivity index (χ3n) is 3.30. The molecule has 0 amide bonds. The van der Waals surface area contributed by atoms with Gasteiger partial charge in [0.15, 0.2) is 0 Å². The number of aryl methyl sites for hydroxylation is 2. The van der Waals surface area contributed by atoms with E-state index >= 15 is 0 Å². The smallest absolute Gasteiger partial charge is 0.272 e. The van der Waals surface area contributed by atoms with E-state index < -0.39 is 0 Å². The fraction of sp³-hybridized carbons (Fsp3) is 0.133. The predicted molar refractivity (Wildman–Crippen MR) is 76.8 cm³/mol. The van der Waals surface area contributed by atoms with Gasteiger partial charge in [0.2, 0.25) is 0 Å². The second kappa shape index (κ2) is 4.45. The fourth-order valence-electron chi connectivity index (χ4n) is 2.21. The summed E-state index contributed by atoms with van der Waals surface area (Å²) in [6.45, 7) is 3.74. The highest BCUT2D eigenvalue weighted by molar-refractivity contribution is 5.66. The van der Waals surface area contributed by atoms with Crippen LogP contribution in [-0.4, -0.2) is 14.3 Å². The van der Waals surface area contributed by atoms with Crippen LogP contribution in [0.2, 0.25) is 0 Å². The highest BCUT2D eigenvalue weighted by Gasteiger charge is 2.13. The molecule has 0 spiro atoms. The maximum atomic E-state index is 11.0. The standard InChI is InChI=1S/C15H13N3O2/c1-10-3-6-15-16-13(9-17(15)8-10)12-5-4-11(2)14(7-12)18(19)20/h3-9H,1-2H3. The zero-order chi connectivity index (χ0) is 14.3. The molecule has 0 bridgehead atoms. The van der Waals surface area contributed by atoms with Crippen LogP contribution >= 0.6 is 0 Å². The molecule has 2 aromatic heterocycles. The molecule has 2 heterocycles. The summed E-state index contributed by atoms with van der Waals surface area (Å²) >= 11 is 0. The Hall–Kier alpha value is -2.69. The summed E-state index contributed by atoms with van der Waals surface area (Å²) in [6, 6.07) is 9.11. The monoisotopic (exact) mass is 267 g/mol. The fourth-order valence-corrected chi connectivity index (χ4v) is 2.21. The van der Waals surface area contributed by atoms with Gasteiger partial charge in [-0.15, -0.1) is 0 Å². The summed E-state index contributed by atoms with van der Waals surface area (Å²) in [7, 11) is 0. The molecule has 0 atom stereocenters. The summed E-state index contributed by atoms with van der Waals surface area (Å²) in [5.74, 6) is 0.